The Morgan fingerprint density at radius 3 is 2.03 bits per heavy atom. The van der Waals surface area contributed by atoms with Crippen molar-refractivity contribution < 1.29 is 4.74 Å². The van der Waals surface area contributed by atoms with E-state index in [1.54, 1.807) is 0 Å². The highest BCUT2D eigenvalue weighted by Crippen LogP contribution is 2.61. The maximum atomic E-state index is 6.79. The molecule has 0 unspecified atom stereocenters. The van der Waals surface area contributed by atoms with Gasteiger partial charge in [0, 0.05) is 17.6 Å². The lowest BCUT2D eigenvalue weighted by Crippen LogP contribution is -2.36. The van der Waals surface area contributed by atoms with Crippen LogP contribution in [-0.2, 0) is 0 Å². The fourth-order valence-corrected chi connectivity index (χ4v) is 9.76. The minimum absolute atomic E-state index is 0.0632. The van der Waals surface area contributed by atoms with E-state index < -0.39 is 7.92 Å². The number of nitrogens with zero attached hydrogens (tertiary/aromatic N) is 1. The van der Waals surface area contributed by atoms with Gasteiger partial charge < -0.3 is 4.74 Å². The predicted molar refractivity (Wildman–Crippen MR) is 167 cm³/mol. The molecular formula is C36H44NOP. The van der Waals surface area contributed by atoms with Crippen LogP contribution in [0.2, 0.25) is 0 Å². The van der Waals surface area contributed by atoms with E-state index in [0.717, 1.165) is 18.0 Å². The molecule has 1 aromatic heterocycles. The molecule has 3 aromatic rings. The zero-order chi connectivity index (χ0) is 27.4. The van der Waals surface area contributed by atoms with Crippen molar-refractivity contribution in [3.8, 4) is 5.88 Å². The molecule has 39 heavy (non-hydrogen) atoms. The van der Waals surface area contributed by atoms with Gasteiger partial charge in [-0.15, -0.1) is 0 Å². The number of aromatic nitrogens is 1. The van der Waals surface area contributed by atoms with Gasteiger partial charge in [-0.1, -0.05) is 132 Å². The Morgan fingerprint density at radius 1 is 0.821 bits per heavy atom. The third kappa shape index (κ3) is 6.22. The zero-order valence-electron chi connectivity index (χ0n) is 24.2. The molecular weight excluding hydrogens is 493 g/mol. The molecule has 2 nitrogen and oxygen atoms in total. The van der Waals surface area contributed by atoms with Crippen LogP contribution in [0.25, 0.3) is 0 Å². The van der Waals surface area contributed by atoms with Crippen LogP contribution >= 0.6 is 7.92 Å². The smallest absolute Gasteiger partial charge is 0.213 e. The monoisotopic (exact) mass is 537 g/mol. The normalized spacial score (nSPS) is 22.5. The highest BCUT2D eigenvalue weighted by atomic mass is 31.1. The summed E-state index contributed by atoms with van der Waals surface area (Å²) in [5, 5.41) is 2.77. The summed E-state index contributed by atoms with van der Waals surface area (Å²) in [6.45, 7) is 11.9. The van der Waals surface area contributed by atoms with Crippen LogP contribution in [0.5, 0.6) is 5.88 Å². The average molecular weight is 538 g/mol. The van der Waals surface area contributed by atoms with Gasteiger partial charge in [0.15, 0.2) is 0 Å². The van der Waals surface area contributed by atoms with Crippen LogP contribution in [0.3, 0.4) is 0 Å². The van der Waals surface area contributed by atoms with E-state index in [9.17, 15) is 0 Å². The molecule has 0 radical (unpaired) electrons. The van der Waals surface area contributed by atoms with Crippen LogP contribution in [-0.4, -0.2) is 11.1 Å². The second-order valence-corrected chi connectivity index (χ2v) is 14.7. The van der Waals surface area contributed by atoms with Gasteiger partial charge in [-0.2, -0.15) is 0 Å². The first-order valence-corrected chi connectivity index (χ1v) is 16.1. The number of ether oxygens (including phenoxy) is 1. The van der Waals surface area contributed by atoms with E-state index in [0.29, 0.717) is 23.7 Å². The number of hydrogen-bond donors (Lipinski definition) is 0. The number of pyridine rings is 1. The lowest BCUT2D eigenvalue weighted by Gasteiger charge is -2.43. The van der Waals surface area contributed by atoms with E-state index in [2.05, 4.69) is 138 Å². The first kappa shape index (κ1) is 27.9. The van der Waals surface area contributed by atoms with Gasteiger partial charge in [-0.05, 0) is 60.6 Å². The fourth-order valence-electron chi connectivity index (χ4n) is 6.63. The largest absolute Gasteiger partial charge is 0.474 e. The molecule has 0 amide bonds. The second-order valence-electron chi connectivity index (χ2n) is 12.4. The summed E-state index contributed by atoms with van der Waals surface area (Å²) in [5.41, 5.74) is 1.27. The minimum atomic E-state index is -0.739. The molecule has 2 aromatic carbocycles. The molecule has 0 aliphatic heterocycles. The van der Waals surface area contributed by atoms with Crippen molar-refractivity contribution in [3.05, 3.63) is 109 Å². The Bertz CT molecular complexity index is 1210. The molecule has 1 fully saturated rings. The van der Waals surface area contributed by atoms with Gasteiger partial charge in [0.05, 0.1) is 5.69 Å². The first-order chi connectivity index (χ1) is 18.8. The van der Waals surface area contributed by atoms with Crippen molar-refractivity contribution in [2.45, 2.75) is 65.6 Å². The summed E-state index contributed by atoms with van der Waals surface area (Å²) >= 11 is 0. The summed E-state index contributed by atoms with van der Waals surface area (Å²) in [6.07, 6.45) is 13.0. The maximum Gasteiger partial charge on any atom is 0.213 e. The Morgan fingerprint density at radius 2 is 1.44 bits per heavy atom. The van der Waals surface area contributed by atoms with Crippen LogP contribution in [0.1, 0.15) is 65.2 Å². The van der Waals surface area contributed by atoms with Crippen LogP contribution in [0.4, 0.5) is 0 Å². The zero-order valence-corrected chi connectivity index (χ0v) is 25.1. The highest BCUT2D eigenvalue weighted by Gasteiger charge is 2.43. The summed E-state index contributed by atoms with van der Waals surface area (Å²) < 4.78 is 6.79. The van der Waals surface area contributed by atoms with E-state index in [1.807, 2.05) is 0 Å². The van der Waals surface area contributed by atoms with Crippen molar-refractivity contribution in [1.82, 2.24) is 4.98 Å². The number of benzene rings is 2. The van der Waals surface area contributed by atoms with Crippen molar-refractivity contribution in [2.24, 2.45) is 29.1 Å². The van der Waals surface area contributed by atoms with Crippen molar-refractivity contribution in [1.29, 1.82) is 0 Å². The van der Waals surface area contributed by atoms with Crippen LogP contribution in [0.15, 0.2) is 103 Å². The summed E-state index contributed by atoms with van der Waals surface area (Å²) in [4.78, 5) is 5.34. The quantitative estimate of drug-likeness (QED) is 0.254. The standard InChI is InChI=1S/C36H44NOP/c1-26(2)31-24-23-27(3)25-33(31)38-34-22-14-21-32(37-34)35(36(4,5)28-15-12-13-16-28)39(29-17-8-6-9-18-29)30-19-10-7-11-20-30/h6-22,26-28,31,33,35H,23-25H2,1-5H3/t27-,31+,33-,35-/m1/s1. The third-order valence-electron chi connectivity index (χ3n) is 8.90. The van der Waals surface area contributed by atoms with Crippen molar-refractivity contribution in [3.63, 3.8) is 0 Å². The highest BCUT2D eigenvalue weighted by molar-refractivity contribution is 7.73. The molecule has 2 aliphatic rings. The molecule has 0 saturated heterocycles. The molecule has 1 saturated carbocycles. The molecule has 5 rings (SSSR count). The fraction of sp³-hybridized carbons (Fsp3) is 0.417. The lowest BCUT2D eigenvalue weighted by molar-refractivity contribution is 0.0424. The van der Waals surface area contributed by atoms with Gasteiger partial charge >= 0.3 is 0 Å². The summed E-state index contributed by atoms with van der Waals surface area (Å²) in [7, 11) is -0.739. The minimum Gasteiger partial charge on any atom is -0.474 e. The van der Waals surface area contributed by atoms with Gasteiger partial charge in [-0.25, -0.2) is 4.98 Å². The van der Waals surface area contributed by atoms with E-state index in [-0.39, 0.29) is 17.2 Å². The molecule has 3 heteroatoms. The van der Waals surface area contributed by atoms with Crippen LogP contribution < -0.4 is 15.3 Å². The molecule has 0 bridgehead atoms. The third-order valence-corrected chi connectivity index (χ3v) is 12.1. The van der Waals surface area contributed by atoms with Gasteiger partial charge in [0.1, 0.15) is 6.10 Å². The Balaban J connectivity index is 1.59. The Labute approximate surface area is 237 Å². The Hall–Kier alpha value is -2.70. The molecule has 4 atom stereocenters. The predicted octanol–water partition coefficient (Wildman–Crippen LogP) is 8.86. The number of rotatable bonds is 9. The summed E-state index contributed by atoms with van der Waals surface area (Å²) in [6, 6.07) is 28.7. The van der Waals surface area contributed by atoms with Gasteiger partial charge in [0.25, 0.3) is 0 Å². The summed E-state index contributed by atoms with van der Waals surface area (Å²) in [5.74, 6) is 3.02. The van der Waals surface area contributed by atoms with Gasteiger partial charge in [0.2, 0.25) is 5.88 Å². The number of allylic oxidation sites excluding steroid dienone is 4. The molecule has 204 valence electrons. The Kier molecular flexibility index (Phi) is 8.73. The topological polar surface area (TPSA) is 22.1 Å². The number of hydrogen-bond acceptors (Lipinski definition) is 2. The van der Waals surface area contributed by atoms with E-state index in [1.165, 1.54) is 23.5 Å². The molecule has 0 N–H and O–H groups in total. The maximum absolute atomic E-state index is 6.79. The molecule has 2 aliphatic carbocycles. The van der Waals surface area contributed by atoms with Crippen molar-refractivity contribution >= 4 is 18.5 Å². The average Bonchev–Trinajstić information content (AvgIpc) is 3.49. The second kappa shape index (κ2) is 12.2. The van der Waals surface area contributed by atoms with E-state index in [4.69, 9.17) is 9.72 Å². The molecule has 0 spiro atoms. The first-order valence-electron chi connectivity index (χ1n) is 14.7. The van der Waals surface area contributed by atoms with E-state index >= 15 is 0 Å². The van der Waals surface area contributed by atoms with Gasteiger partial charge in [-0.3, -0.25) is 0 Å². The van der Waals surface area contributed by atoms with Crippen LogP contribution in [0, 0.1) is 29.1 Å². The molecule has 1 heterocycles. The lowest BCUT2D eigenvalue weighted by atomic mass is 9.75. The SMILES string of the molecule is CC(C)[C@@H]1CC[C@@H](C)C[C@H]1Oc1cccc([C@@H](P(c2ccccc2)c2ccccc2)C(C)(C)C2C=CC=C2)n1. The van der Waals surface area contributed by atoms with Crippen molar-refractivity contribution in [2.75, 3.05) is 0 Å².